The molecule has 0 aromatic heterocycles. The lowest BCUT2D eigenvalue weighted by molar-refractivity contribution is -0.334. The molecule has 0 spiro atoms. The summed E-state index contributed by atoms with van der Waals surface area (Å²) in [6.45, 7) is 1.01. The third-order valence-electron chi connectivity index (χ3n) is 5.65. The Labute approximate surface area is 178 Å². The Kier molecular flexibility index (Phi) is 7.49. The Morgan fingerprint density at radius 1 is 0.667 bits per heavy atom. The minimum atomic E-state index is -0.438. The predicted octanol–water partition coefficient (Wildman–Crippen LogP) is 3.68. The van der Waals surface area contributed by atoms with E-state index in [4.69, 9.17) is 28.4 Å². The maximum atomic E-state index is 6.21. The molecule has 0 amide bonds. The summed E-state index contributed by atoms with van der Waals surface area (Å²) in [5.41, 5.74) is 2.23. The van der Waals surface area contributed by atoms with Gasteiger partial charge in [0.2, 0.25) is 0 Å². The first kappa shape index (κ1) is 21.4. The molecule has 6 atom stereocenters. The number of rotatable bonds is 8. The molecule has 2 aliphatic rings. The molecule has 2 saturated heterocycles. The molecule has 162 valence electrons. The number of hydrogen-bond donors (Lipinski definition) is 0. The molecule has 6 nitrogen and oxygen atoms in total. The van der Waals surface area contributed by atoms with Crippen molar-refractivity contribution in [2.24, 2.45) is 0 Å². The molecule has 4 rings (SSSR count). The van der Waals surface area contributed by atoms with Gasteiger partial charge in [-0.3, -0.25) is 0 Å². The number of benzene rings is 2. The van der Waals surface area contributed by atoms with Gasteiger partial charge < -0.3 is 28.4 Å². The summed E-state index contributed by atoms with van der Waals surface area (Å²) in [6, 6.07) is 20.2. The zero-order chi connectivity index (χ0) is 20.8. The van der Waals surface area contributed by atoms with Gasteiger partial charge in [0.25, 0.3) is 0 Å². The number of methoxy groups -OCH3 is 2. The van der Waals surface area contributed by atoms with Gasteiger partial charge in [0, 0.05) is 27.1 Å². The predicted molar refractivity (Wildman–Crippen MR) is 111 cm³/mol. The van der Waals surface area contributed by atoms with Crippen LogP contribution < -0.4 is 0 Å². The molecule has 2 aromatic rings. The van der Waals surface area contributed by atoms with Gasteiger partial charge in [0.1, 0.15) is 12.2 Å². The molecule has 6 heteroatoms. The Hall–Kier alpha value is -1.80. The average Bonchev–Trinajstić information content (AvgIpc) is 2.81. The van der Waals surface area contributed by atoms with Crippen molar-refractivity contribution in [3.05, 3.63) is 71.8 Å². The third kappa shape index (κ3) is 5.27. The van der Waals surface area contributed by atoms with Gasteiger partial charge in [-0.1, -0.05) is 60.7 Å². The summed E-state index contributed by atoms with van der Waals surface area (Å²) in [6.07, 6.45) is -0.188. The molecule has 0 N–H and O–H groups in total. The first-order valence-electron chi connectivity index (χ1n) is 10.4. The van der Waals surface area contributed by atoms with E-state index in [0.717, 1.165) is 11.1 Å². The minimum Gasteiger partial charge on any atom is -0.368 e. The summed E-state index contributed by atoms with van der Waals surface area (Å²) >= 11 is 0. The van der Waals surface area contributed by atoms with Crippen molar-refractivity contribution in [2.45, 2.75) is 63.1 Å². The van der Waals surface area contributed by atoms with Crippen molar-refractivity contribution in [2.75, 3.05) is 14.2 Å². The van der Waals surface area contributed by atoms with E-state index in [0.29, 0.717) is 26.1 Å². The van der Waals surface area contributed by atoms with Gasteiger partial charge in [-0.2, -0.15) is 0 Å². The fraction of sp³-hybridized carbons (Fsp3) is 0.500. The van der Waals surface area contributed by atoms with Gasteiger partial charge in [-0.05, 0) is 11.1 Å². The van der Waals surface area contributed by atoms with Crippen LogP contribution in [0.3, 0.4) is 0 Å². The van der Waals surface area contributed by atoms with Crippen molar-refractivity contribution in [1.82, 2.24) is 0 Å². The van der Waals surface area contributed by atoms with Crippen molar-refractivity contribution in [3.63, 3.8) is 0 Å². The lowest BCUT2D eigenvalue weighted by Gasteiger charge is -2.46. The summed E-state index contributed by atoms with van der Waals surface area (Å²) in [5.74, 6) is 0. The maximum Gasteiger partial charge on any atom is 0.183 e. The molecule has 2 fully saturated rings. The molecule has 2 aliphatic heterocycles. The van der Waals surface area contributed by atoms with Crippen molar-refractivity contribution < 1.29 is 28.4 Å². The zero-order valence-electron chi connectivity index (χ0n) is 17.5. The van der Waals surface area contributed by atoms with Gasteiger partial charge >= 0.3 is 0 Å². The number of hydrogen-bond acceptors (Lipinski definition) is 6. The van der Waals surface area contributed by atoms with E-state index in [1.165, 1.54) is 0 Å². The van der Waals surface area contributed by atoms with Gasteiger partial charge in [0.05, 0.1) is 25.4 Å². The fourth-order valence-corrected chi connectivity index (χ4v) is 4.05. The molecule has 2 aromatic carbocycles. The fourth-order valence-electron chi connectivity index (χ4n) is 4.05. The van der Waals surface area contributed by atoms with Crippen LogP contribution in [0.1, 0.15) is 24.0 Å². The second kappa shape index (κ2) is 10.5. The van der Waals surface area contributed by atoms with Gasteiger partial charge in [-0.25, -0.2) is 0 Å². The van der Waals surface area contributed by atoms with E-state index >= 15 is 0 Å². The maximum absolute atomic E-state index is 6.21. The van der Waals surface area contributed by atoms with Crippen LogP contribution in [0.25, 0.3) is 0 Å². The SMILES string of the molecule is COC1O[C@@H]2C[C@@H](OCc3ccccc3)C(OC)O[C@@H]2C[C@H]1OCc1ccccc1. The minimum absolute atomic E-state index is 0.126. The van der Waals surface area contributed by atoms with Crippen molar-refractivity contribution in [1.29, 1.82) is 0 Å². The van der Waals surface area contributed by atoms with Gasteiger partial charge in [-0.15, -0.1) is 0 Å². The van der Waals surface area contributed by atoms with E-state index in [1.54, 1.807) is 14.2 Å². The quantitative estimate of drug-likeness (QED) is 0.657. The molecule has 2 heterocycles. The molecular weight excluding hydrogens is 384 g/mol. The molecule has 0 saturated carbocycles. The van der Waals surface area contributed by atoms with Crippen LogP contribution in [0, 0.1) is 0 Å². The van der Waals surface area contributed by atoms with Crippen molar-refractivity contribution >= 4 is 0 Å². The molecule has 30 heavy (non-hydrogen) atoms. The lowest BCUT2D eigenvalue weighted by Crippen LogP contribution is -2.57. The molecule has 0 aliphatic carbocycles. The largest absolute Gasteiger partial charge is 0.368 e. The summed E-state index contributed by atoms with van der Waals surface area (Å²) in [4.78, 5) is 0. The second-order valence-electron chi connectivity index (χ2n) is 7.70. The second-order valence-corrected chi connectivity index (χ2v) is 7.70. The zero-order valence-corrected chi connectivity index (χ0v) is 17.5. The average molecular weight is 414 g/mol. The number of fused-ring (bicyclic) bond motifs is 1. The molecule has 0 radical (unpaired) electrons. The lowest BCUT2D eigenvalue weighted by atomic mass is 9.94. The highest BCUT2D eigenvalue weighted by molar-refractivity contribution is 5.14. The van der Waals surface area contributed by atoms with Crippen LogP contribution >= 0.6 is 0 Å². The van der Waals surface area contributed by atoms with E-state index in [1.807, 2.05) is 60.7 Å². The van der Waals surface area contributed by atoms with Crippen LogP contribution in [0.4, 0.5) is 0 Å². The standard InChI is InChI=1S/C24H30O6/c1-25-23-21(27-15-17-9-5-3-6-10-17)13-20-19(29-23)14-22(24(26-2)30-20)28-16-18-11-7-4-8-12-18/h3-12,19-24H,13-16H2,1-2H3/t19-,20-,21-,22-,23?,24?/m1/s1. The topological polar surface area (TPSA) is 55.4 Å². The van der Waals surface area contributed by atoms with Crippen LogP contribution in [-0.4, -0.2) is 51.2 Å². The van der Waals surface area contributed by atoms with Crippen LogP contribution in [0.15, 0.2) is 60.7 Å². The van der Waals surface area contributed by atoms with Gasteiger partial charge in [0.15, 0.2) is 12.6 Å². The van der Waals surface area contributed by atoms with Crippen molar-refractivity contribution in [3.8, 4) is 0 Å². The van der Waals surface area contributed by atoms with E-state index in [2.05, 4.69) is 0 Å². The Balaban J connectivity index is 1.36. The highest BCUT2D eigenvalue weighted by Crippen LogP contribution is 2.35. The molecular formula is C24H30O6. The molecule has 0 bridgehead atoms. The molecule has 2 unspecified atom stereocenters. The summed E-state index contributed by atoms with van der Waals surface area (Å²) < 4.78 is 35.8. The highest BCUT2D eigenvalue weighted by atomic mass is 16.7. The summed E-state index contributed by atoms with van der Waals surface area (Å²) in [5, 5.41) is 0. The van der Waals surface area contributed by atoms with Crippen LogP contribution in [0.5, 0.6) is 0 Å². The first-order valence-corrected chi connectivity index (χ1v) is 10.4. The smallest absolute Gasteiger partial charge is 0.183 e. The summed E-state index contributed by atoms with van der Waals surface area (Å²) in [7, 11) is 3.30. The third-order valence-corrected chi connectivity index (χ3v) is 5.65. The van der Waals surface area contributed by atoms with Crippen LogP contribution in [-0.2, 0) is 41.6 Å². The Morgan fingerprint density at radius 2 is 1.07 bits per heavy atom. The van der Waals surface area contributed by atoms with E-state index in [9.17, 15) is 0 Å². The van der Waals surface area contributed by atoms with E-state index in [-0.39, 0.29) is 24.4 Å². The number of ether oxygens (including phenoxy) is 6. The van der Waals surface area contributed by atoms with Crippen LogP contribution in [0.2, 0.25) is 0 Å². The normalized spacial score (nSPS) is 31.3. The highest BCUT2D eigenvalue weighted by Gasteiger charge is 2.46. The Morgan fingerprint density at radius 3 is 1.43 bits per heavy atom. The monoisotopic (exact) mass is 414 g/mol. The van der Waals surface area contributed by atoms with E-state index < -0.39 is 12.6 Å². The first-order chi connectivity index (χ1) is 14.8. The Bertz CT molecular complexity index is 689.